The highest BCUT2D eigenvalue weighted by Crippen LogP contribution is 2.27. The number of furan rings is 1. The van der Waals surface area contributed by atoms with Gasteiger partial charge >= 0.3 is 0 Å². The molecule has 0 aliphatic carbocycles. The second-order valence-corrected chi connectivity index (χ2v) is 8.77. The fourth-order valence-electron chi connectivity index (χ4n) is 4.17. The molecule has 6 rings (SSSR count). The maximum absolute atomic E-state index is 13.5. The van der Waals surface area contributed by atoms with Gasteiger partial charge in [0.1, 0.15) is 17.9 Å². The quantitative estimate of drug-likeness (QED) is 0.250. The number of hydrogen-bond acceptors (Lipinski definition) is 5. The maximum Gasteiger partial charge on any atom is 0.282 e. The van der Waals surface area contributed by atoms with Crippen LogP contribution in [-0.4, -0.2) is 15.9 Å². The lowest BCUT2D eigenvalue weighted by Crippen LogP contribution is -2.20. The summed E-state index contributed by atoms with van der Waals surface area (Å²) in [6.07, 6.45) is 1.62. The molecule has 0 radical (unpaired) electrons. The molecule has 0 atom stereocenters. The molecule has 180 valence electrons. The Kier molecular flexibility index (Phi) is 5.83. The van der Waals surface area contributed by atoms with Crippen LogP contribution in [0.5, 0.6) is 5.75 Å². The van der Waals surface area contributed by atoms with E-state index >= 15 is 0 Å². The Morgan fingerprint density at radius 1 is 0.919 bits per heavy atom. The Morgan fingerprint density at radius 3 is 2.54 bits per heavy atom. The molecule has 6 aromatic rings. The largest absolute Gasteiger partial charge is 0.488 e. The molecule has 0 saturated carbocycles. The Labute approximate surface area is 213 Å². The topological polar surface area (TPSA) is 69.6 Å². The number of hydrogen-bond donors (Lipinski definition) is 0. The molecule has 0 aliphatic heterocycles. The number of benzene rings is 4. The highest BCUT2D eigenvalue weighted by atomic mass is 16.5. The molecular weight excluding hydrogens is 462 g/mol. The minimum Gasteiger partial charge on any atom is -0.488 e. The normalized spacial score (nSPS) is 11.5. The Hall–Kier alpha value is -4.97. The van der Waals surface area contributed by atoms with Crippen LogP contribution in [0.3, 0.4) is 0 Å². The van der Waals surface area contributed by atoms with Crippen molar-refractivity contribution in [2.75, 3.05) is 0 Å². The second-order valence-electron chi connectivity index (χ2n) is 8.77. The van der Waals surface area contributed by atoms with Crippen molar-refractivity contribution in [1.82, 2.24) is 9.66 Å². The maximum atomic E-state index is 13.5. The van der Waals surface area contributed by atoms with Gasteiger partial charge in [-0.25, -0.2) is 4.98 Å². The van der Waals surface area contributed by atoms with Crippen molar-refractivity contribution in [2.45, 2.75) is 13.5 Å². The van der Waals surface area contributed by atoms with Crippen molar-refractivity contribution in [3.8, 4) is 17.3 Å². The third kappa shape index (κ3) is 4.52. The van der Waals surface area contributed by atoms with E-state index in [1.807, 2.05) is 84.9 Å². The molecule has 0 bridgehead atoms. The van der Waals surface area contributed by atoms with Crippen molar-refractivity contribution in [1.29, 1.82) is 0 Å². The van der Waals surface area contributed by atoms with E-state index in [1.54, 1.807) is 12.3 Å². The predicted octanol–water partition coefficient (Wildman–Crippen LogP) is 6.58. The van der Waals surface area contributed by atoms with Crippen LogP contribution < -0.4 is 10.3 Å². The van der Waals surface area contributed by atoms with E-state index < -0.39 is 0 Å². The molecule has 2 aromatic heterocycles. The summed E-state index contributed by atoms with van der Waals surface area (Å²) in [5.74, 6) is 1.46. The third-order valence-corrected chi connectivity index (χ3v) is 6.15. The predicted molar refractivity (Wildman–Crippen MR) is 146 cm³/mol. The van der Waals surface area contributed by atoms with E-state index in [1.165, 1.54) is 10.2 Å². The van der Waals surface area contributed by atoms with Gasteiger partial charge in [-0.3, -0.25) is 4.79 Å². The zero-order valence-corrected chi connectivity index (χ0v) is 20.2. The number of fused-ring (bicyclic) bond motifs is 2. The van der Waals surface area contributed by atoms with E-state index in [-0.39, 0.29) is 5.56 Å². The minimum absolute atomic E-state index is 0.282. The van der Waals surface area contributed by atoms with Crippen LogP contribution in [0.15, 0.2) is 117 Å². The van der Waals surface area contributed by atoms with Crippen LogP contribution >= 0.6 is 0 Å². The molecule has 2 heterocycles. The minimum atomic E-state index is -0.282. The summed E-state index contributed by atoms with van der Waals surface area (Å²) < 4.78 is 13.4. The van der Waals surface area contributed by atoms with Gasteiger partial charge in [-0.2, -0.15) is 9.78 Å². The summed E-state index contributed by atoms with van der Waals surface area (Å²) in [7, 11) is 0. The van der Waals surface area contributed by atoms with Gasteiger partial charge in [0.2, 0.25) is 5.82 Å². The molecule has 6 heteroatoms. The Bertz CT molecular complexity index is 1780. The first kappa shape index (κ1) is 22.5. The average Bonchev–Trinajstić information content (AvgIpc) is 3.37. The summed E-state index contributed by atoms with van der Waals surface area (Å²) >= 11 is 0. The molecule has 0 saturated heterocycles. The Morgan fingerprint density at radius 2 is 1.68 bits per heavy atom. The van der Waals surface area contributed by atoms with Crippen molar-refractivity contribution in [2.24, 2.45) is 5.10 Å². The molecular formula is C31H23N3O3. The van der Waals surface area contributed by atoms with Crippen molar-refractivity contribution in [3.05, 3.63) is 130 Å². The molecule has 0 amide bonds. The van der Waals surface area contributed by atoms with Gasteiger partial charge in [0.15, 0.2) is 5.76 Å². The number of aryl methyl sites for hydroxylation is 1. The summed E-state index contributed by atoms with van der Waals surface area (Å²) in [6.45, 7) is 2.48. The first-order valence-corrected chi connectivity index (χ1v) is 12.0. The summed E-state index contributed by atoms with van der Waals surface area (Å²) in [4.78, 5) is 18.3. The van der Waals surface area contributed by atoms with Crippen molar-refractivity contribution >= 4 is 28.1 Å². The van der Waals surface area contributed by atoms with E-state index in [0.717, 1.165) is 16.5 Å². The van der Waals surface area contributed by atoms with Gasteiger partial charge in [-0.15, -0.1) is 0 Å². The van der Waals surface area contributed by atoms with Crippen LogP contribution in [0, 0.1) is 6.92 Å². The van der Waals surface area contributed by atoms with Gasteiger partial charge < -0.3 is 9.15 Å². The molecule has 0 fully saturated rings. The highest BCUT2D eigenvalue weighted by Gasteiger charge is 2.16. The SMILES string of the molecule is Cc1ccc(COc2ccccc2C=Nn2c(-c3cc4ccccc4o3)nc3ccccc3c2=O)cc1. The van der Waals surface area contributed by atoms with Gasteiger partial charge in [0, 0.05) is 10.9 Å². The number of nitrogens with zero attached hydrogens (tertiary/aromatic N) is 3. The van der Waals surface area contributed by atoms with E-state index in [2.05, 4.69) is 24.2 Å². The van der Waals surface area contributed by atoms with Gasteiger partial charge in [0.25, 0.3) is 5.56 Å². The van der Waals surface area contributed by atoms with Gasteiger partial charge in [0.05, 0.1) is 17.1 Å². The first-order valence-electron chi connectivity index (χ1n) is 12.0. The lowest BCUT2D eigenvalue weighted by Gasteiger charge is -2.10. The molecule has 4 aromatic carbocycles. The highest BCUT2D eigenvalue weighted by molar-refractivity contribution is 5.85. The van der Waals surface area contributed by atoms with E-state index in [0.29, 0.717) is 40.4 Å². The number of ether oxygens (including phenoxy) is 1. The van der Waals surface area contributed by atoms with Gasteiger partial charge in [-0.05, 0) is 48.9 Å². The van der Waals surface area contributed by atoms with Crippen LogP contribution in [0.25, 0.3) is 33.5 Å². The van der Waals surface area contributed by atoms with Crippen molar-refractivity contribution < 1.29 is 9.15 Å². The molecule has 0 N–H and O–H groups in total. The average molecular weight is 486 g/mol. The first-order chi connectivity index (χ1) is 18.2. The molecule has 37 heavy (non-hydrogen) atoms. The molecule has 0 unspecified atom stereocenters. The van der Waals surface area contributed by atoms with Crippen LogP contribution in [-0.2, 0) is 6.61 Å². The van der Waals surface area contributed by atoms with E-state index in [4.69, 9.17) is 14.1 Å². The summed E-state index contributed by atoms with van der Waals surface area (Å²) in [5.41, 5.74) is 4.02. The zero-order valence-electron chi connectivity index (χ0n) is 20.2. The lowest BCUT2D eigenvalue weighted by atomic mass is 10.1. The van der Waals surface area contributed by atoms with Crippen LogP contribution in [0.1, 0.15) is 16.7 Å². The smallest absolute Gasteiger partial charge is 0.282 e. The molecule has 0 aliphatic rings. The fourth-order valence-corrected chi connectivity index (χ4v) is 4.17. The number of aromatic nitrogens is 2. The van der Waals surface area contributed by atoms with Gasteiger partial charge in [-0.1, -0.05) is 72.3 Å². The number of rotatable bonds is 6. The van der Waals surface area contributed by atoms with E-state index in [9.17, 15) is 4.79 Å². The Balaban J connectivity index is 1.41. The third-order valence-electron chi connectivity index (χ3n) is 6.15. The van der Waals surface area contributed by atoms with Crippen molar-refractivity contribution in [3.63, 3.8) is 0 Å². The standard InChI is InChI=1S/C31H23N3O3/c1-21-14-16-22(17-15-21)20-36-27-12-6-3-9-24(27)19-32-34-30(29-18-23-8-2-7-13-28(23)37-29)33-26-11-5-4-10-25(26)31(34)35/h2-19H,20H2,1H3. The second kappa shape index (κ2) is 9.59. The van der Waals surface area contributed by atoms with Crippen LogP contribution in [0.2, 0.25) is 0 Å². The molecule has 0 spiro atoms. The lowest BCUT2D eigenvalue weighted by molar-refractivity contribution is 0.306. The number of para-hydroxylation sites is 3. The molecule has 6 nitrogen and oxygen atoms in total. The summed E-state index contributed by atoms with van der Waals surface area (Å²) in [5, 5.41) is 5.97. The van der Waals surface area contributed by atoms with Crippen LogP contribution in [0.4, 0.5) is 0 Å². The monoisotopic (exact) mass is 485 g/mol. The summed E-state index contributed by atoms with van der Waals surface area (Å²) in [6, 6.07) is 32.6. The fraction of sp³-hybridized carbons (Fsp3) is 0.0645. The zero-order chi connectivity index (χ0) is 25.2.